The lowest BCUT2D eigenvalue weighted by atomic mass is 10.1. The highest BCUT2D eigenvalue weighted by molar-refractivity contribution is 7.98. The largest absolute Gasteiger partial charge is 0.411 e. The van der Waals surface area contributed by atoms with Crippen molar-refractivity contribution in [3.63, 3.8) is 0 Å². The Morgan fingerprint density at radius 3 is 2.65 bits per heavy atom. The van der Waals surface area contributed by atoms with Gasteiger partial charge in [-0.15, -0.1) is 10.2 Å². The van der Waals surface area contributed by atoms with Gasteiger partial charge in [-0.05, 0) is 35.4 Å². The Labute approximate surface area is 137 Å². The molecular formula is C17H13N3O2S. The normalized spacial score (nSPS) is 10.4. The highest BCUT2D eigenvalue weighted by Crippen LogP contribution is 2.26. The van der Waals surface area contributed by atoms with E-state index in [1.807, 2.05) is 42.5 Å². The number of thioether (sulfide) groups is 1. The molecule has 0 fully saturated rings. The highest BCUT2D eigenvalue weighted by atomic mass is 32.2. The molecular weight excluding hydrogens is 310 g/mol. The van der Waals surface area contributed by atoms with Gasteiger partial charge in [0.1, 0.15) is 0 Å². The fourth-order valence-electron chi connectivity index (χ4n) is 2.01. The van der Waals surface area contributed by atoms with Gasteiger partial charge < -0.3 is 9.52 Å². The summed E-state index contributed by atoms with van der Waals surface area (Å²) in [5.41, 5.74) is 3.31. The third kappa shape index (κ3) is 3.77. The first-order chi connectivity index (χ1) is 11.3. The van der Waals surface area contributed by atoms with Crippen LogP contribution in [0.2, 0.25) is 0 Å². The smallest absolute Gasteiger partial charge is 0.277 e. The summed E-state index contributed by atoms with van der Waals surface area (Å²) in [6.45, 7) is 0.00692. The zero-order valence-electron chi connectivity index (χ0n) is 12.1. The SMILES string of the molecule is N#Cc1cccc(CSc2nnc(-c3ccc(CO)cc3)o2)c1. The third-order valence-corrected chi connectivity index (χ3v) is 4.10. The summed E-state index contributed by atoms with van der Waals surface area (Å²) in [4.78, 5) is 0. The second-order valence-corrected chi connectivity index (χ2v) is 5.76. The molecule has 6 heteroatoms. The van der Waals surface area contributed by atoms with Crippen LogP contribution in [0.5, 0.6) is 0 Å². The van der Waals surface area contributed by atoms with Crippen molar-refractivity contribution in [2.24, 2.45) is 0 Å². The molecule has 3 aromatic rings. The molecule has 0 bridgehead atoms. The molecule has 1 N–H and O–H groups in total. The number of hydrogen-bond acceptors (Lipinski definition) is 6. The fraction of sp³-hybridized carbons (Fsp3) is 0.118. The van der Waals surface area contributed by atoms with Crippen molar-refractivity contribution in [2.75, 3.05) is 0 Å². The highest BCUT2D eigenvalue weighted by Gasteiger charge is 2.09. The molecule has 0 radical (unpaired) electrons. The van der Waals surface area contributed by atoms with Crippen LogP contribution in [0.15, 0.2) is 58.2 Å². The van der Waals surface area contributed by atoms with Gasteiger partial charge in [0.2, 0.25) is 5.89 Å². The van der Waals surface area contributed by atoms with Crippen LogP contribution in [-0.4, -0.2) is 15.3 Å². The molecule has 2 aromatic carbocycles. The van der Waals surface area contributed by atoms with Crippen LogP contribution in [0.1, 0.15) is 16.7 Å². The monoisotopic (exact) mass is 323 g/mol. The molecule has 114 valence electrons. The van der Waals surface area contributed by atoms with Crippen LogP contribution >= 0.6 is 11.8 Å². The minimum Gasteiger partial charge on any atom is -0.411 e. The van der Waals surface area contributed by atoms with E-state index in [2.05, 4.69) is 16.3 Å². The summed E-state index contributed by atoms with van der Waals surface area (Å²) in [6, 6.07) is 16.9. The summed E-state index contributed by atoms with van der Waals surface area (Å²) >= 11 is 1.43. The fourth-order valence-corrected chi connectivity index (χ4v) is 2.72. The van der Waals surface area contributed by atoms with Gasteiger partial charge in [-0.25, -0.2) is 0 Å². The molecule has 5 nitrogen and oxygen atoms in total. The first-order valence-corrected chi connectivity index (χ1v) is 7.92. The molecule has 0 saturated heterocycles. The van der Waals surface area contributed by atoms with E-state index < -0.39 is 0 Å². The number of aliphatic hydroxyl groups excluding tert-OH is 1. The van der Waals surface area contributed by atoms with Gasteiger partial charge in [-0.1, -0.05) is 36.0 Å². The summed E-state index contributed by atoms with van der Waals surface area (Å²) < 4.78 is 5.63. The van der Waals surface area contributed by atoms with E-state index in [-0.39, 0.29) is 6.61 Å². The maximum absolute atomic E-state index is 9.04. The molecule has 1 heterocycles. The number of benzene rings is 2. The van der Waals surface area contributed by atoms with Crippen LogP contribution < -0.4 is 0 Å². The van der Waals surface area contributed by atoms with Gasteiger partial charge in [-0.3, -0.25) is 0 Å². The molecule has 0 aliphatic carbocycles. The molecule has 0 atom stereocenters. The molecule has 23 heavy (non-hydrogen) atoms. The van der Waals surface area contributed by atoms with Gasteiger partial charge in [0.05, 0.1) is 18.2 Å². The number of aromatic nitrogens is 2. The van der Waals surface area contributed by atoms with Gasteiger partial charge in [0, 0.05) is 11.3 Å². The van der Waals surface area contributed by atoms with Gasteiger partial charge >= 0.3 is 0 Å². The lowest BCUT2D eigenvalue weighted by Gasteiger charge is -1.99. The average molecular weight is 323 g/mol. The van der Waals surface area contributed by atoms with Crippen LogP contribution in [0.4, 0.5) is 0 Å². The maximum Gasteiger partial charge on any atom is 0.277 e. The number of hydrogen-bond donors (Lipinski definition) is 1. The zero-order valence-corrected chi connectivity index (χ0v) is 13.0. The number of nitriles is 1. The summed E-state index contributed by atoms with van der Waals surface area (Å²) in [5, 5.41) is 26.5. The number of aliphatic hydroxyl groups is 1. The summed E-state index contributed by atoms with van der Waals surface area (Å²) in [6.07, 6.45) is 0. The van der Waals surface area contributed by atoms with E-state index in [1.54, 1.807) is 6.07 Å². The van der Waals surface area contributed by atoms with Crippen molar-refractivity contribution in [3.8, 4) is 17.5 Å². The minimum absolute atomic E-state index is 0.00692. The van der Waals surface area contributed by atoms with Crippen molar-refractivity contribution < 1.29 is 9.52 Å². The van der Waals surface area contributed by atoms with Gasteiger partial charge in [0.15, 0.2) is 0 Å². The lowest BCUT2D eigenvalue weighted by molar-refractivity contribution is 0.282. The van der Waals surface area contributed by atoms with Crippen molar-refractivity contribution in [2.45, 2.75) is 17.6 Å². The molecule has 0 unspecified atom stereocenters. The van der Waals surface area contributed by atoms with E-state index in [4.69, 9.17) is 14.8 Å². The number of nitrogens with zero attached hydrogens (tertiary/aromatic N) is 3. The molecule has 0 amide bonds. The first kappa shape index (κ1) is 15.3. The van der Waals surface area contributed by atoms with E-state index in [0.29, 0.717) is 22.4 Å². The topological polar surface area (TPSA) is 82.9 Å². The average Bonchev–Trinajstić information content (AvgIpc) is 3.09. The van der Waals surface area contributed by atoms with E-state index >= 15 is 0 Å². The van der Waals surface area contributed by atoms with Crippen LogP contribution in [0.25, 0.3) is 11.5 Å². The quantitative estimate of drug-likeness (QED) is 0.725. The van der Waals surface area contributed by atoms with E-state index in [1.165, 1.54) is 11.8 Å². The Morgan fingerprint density at radius 1 is 1.09 bits per heavy atom. The van der Waals surface area contributed by atoms with Gasteiger partial charge in [-0.2, -0.15) is 5.26 Å². The Bertz CT molecular complexity index is 838. The molecule has 0 spiro atoms. The Hall–Kier alpha value is -2.62. The van der Waals surface area contributed by atoms with Gasteiger partial charge in [0.25, 0.3) is 5.22 Å². The zero-order chi connectivity index (χ0) is 16.1. The number of rotatable bonds is 5. The van der Waals surface area contributed by atoms with Crippen LogP contribution in [0.3, 0.4) is 0 Å². The molecule has 0 saturated carbocycles. The van der Waals surface area contributed by atoms with Crippen molar-refractivity contribution in [1.82, 2.24) is 10.2 Å². The Kier molecular flexibility index (Phi) is 4.71. The molecule has 1 aromatic heterocycles. The van der Waals surface area contributed by atoms with Crippen molar-refractivity contribution in [1.29, 1.82) is 5.26 Å². The van der Waals surface area contributed by atoms with Crippen LogP contribution in [-0.2, 0) is 12.4 Å². The summed E-state index contributed by atoms with van der Waals surface area (Å²) in [7, 11) is 0. The van der Waals surface area contributed by atoms with Crippen molar-refractivity contribution >= 4 is 11.8 Å². The maximum atomic E-state index is 9.04. The first-order valence-electron chi connectivity index (χ1n) is 6.94. The Morgan fingerprint density at radius 2 is 1.91 bits per heavy atom. The molecule has 3 rings (SSSR count). The van der Waals surface area contributed by atoms with Crippen molar-refractivity contribution in [3.05, 3.63) is 65.2 Å². The molecule has 0 aliphatic heterocycles. The van der Waals surface area contributed by atoms with E-state index in [0.717, 1.165) is 16.7 Å². The van der Waals surface area contributed by atoms with Crippen LogP contribution in [0, 0.1) is 11.3 Å². The second-order valence-electron chi connectivity index (χ2n) is 4.83. The van der Waals surface area contributed by atoms with E-state index in [9.17, 15) is 0 Å². The lowest BCUT2D eigenvalue weighted by Crippen LogP contribution is -1.83. The Balaban J connectivity index is 1.68. The third-order valence-electron chi connectivity index (χ3n) is 3.21. The predicted octanol–water partition coefficient (Wildman–Crippen LogP) is 3.39. The molecule has 0 aliphatic rings. The summed E-state index contributed by atoms with van der Waals surface area (Å²) in [5.74, 6) is 1.10. The second kappa shape index (κ2) is 7.09. The minimum atomic E-state index is 0.00692. The predicted molar refractivity (Wildman–Crippen MR) is 86.4 cm³/mol. The standard InChI is InChI=1S/C17H13N3O2S/c18-9-13-2-1-3-14(8-13)11-23-17-20-19-16(22-17)15-6-4-12(10-21)5-7-15/h1-8,21H,10-11H2.